The molecule has 1 aliphatic rings. The molecule has 0 aromatic heterocycles. The van der Waals surface area contributed by atoms with Gasteiger partial charge in [-0.2, -0.15) is 0 Å². The maximum absolute atomic E-state index is 9.10. The Morgan fingerprint density at radius 1 is 1.15 bits per heavy atom. The van der Waals surface area contributed by atoms with Crippen LogP contribution in [-0.2, 0) is 6.54 Å². The first-order chi connectivity index (χ1) is 9.56. The van der Waals surface area contributed by atoms with E-state index in [9.17, 15) is 0 Å². The molecule has 0 spiro atoms. The van der Waals surface area contributed by atoms with E-state index in [1.807, 2.05) is 12.1 Å². The highest BCUT2D eigenvalue weighted by Crippen LogP contribution is 2.25. The molecule has 1 unspecified atom stereocenters. The highest BCUT2D eigenvalue weighted by atomic mass is 16.4. The van der Waals surface area contributed by atoms with Gasteiger partial charge in [-0.3, -0.25) is 4.90 Å². The Bertz CT molecular complexity index is 405. The highest BCUT2D eigenvalue weighted by Gasteiger charge is 2.19. The minimum atomic E-state index is -1.37. The van der Waals surface area contributed by atoms with Crippen molar-refractivity contribution < 1.29 is 10.0 Å². The van der Waals surface area contributed by atoms with E-state index in [1.54, 1.807) is 12.1 Å². The highest BCUT2D eigenvalue weighted by molar-refractivity contribution is 6.58. The van der Waals surface area contributed by atoms with Crippen LogP contribution in [-0.4, -0.2) is 35.2 Å². The minimum Gasteiger partial charge on any atom is -0.423 e. The maximum Gasteiger partial charge on any atom is 0.488 e. The quantitative estimate of drug-likeness (QED) is 0.821. The summed E-state index contributed by atoms with van der Waals surface area (Å²) >= 11 is 0. The molecule has 1 aliphatic heterocycles. The number of benzene rings is 1. The summed E-state index contributed by atoms with van der Waals surface area (Å²) in [4.78, 5) is 2.52. The fourth-order valence-corrected chi connectivity index (χ4v) is 3.06. The van der Waals surface area contributed by atoms with Crippen LogP contribution in [0.25, 0.3) is 0 Å². The summed E-state index contributed by atoms with van der Waals surface area (Å²) in [6, 6.07) is 7.60. The van der Waals surface area contributed by atoms with Crippen molar-refractivity contribution in [3.8, 4) is 0 Å². The third kappa shape index (κ3) is 4.34. The molecule has 1 atom stereocenters. The van der Waals surface area contributed by atoms with Gasteiger partial charge in [-0.25, -0.2) is 0 Å². The van der Waals surface area contributed by atoms with Gasteiger partial charge in [0.25, 0.3) is 0 Å². The molecule has 1 aromatic carbocycles. The summed E-state index contributed by atoms with van der Waals surface area (Å²) in [6.45, 7) is 7.98. The van der Waals surface area contributed by atoms with Crippen LogP contribution in [0, 0.1) is 11.8 Å². The number of hydrogen-bond donors (Lipinski definition) is 2. The van der Waals surface area contributed by atoms with Gasteiger partial charge >= 0.3 is 7.12 Å². The molecule has 20 heavy (non-hydrogen) atoms. The first-order valence-electron chi connectivity index (χ1n) is 7.73. The lowest BCUT2D eigenvalue weighted by Gasteiger charge is -2.21. The fraction of sp³-hybridized carbons (Fsp3) is 0.625. The predicted octanol–water partition coefficient (Wildman–Crippen LogP) is 1.62. The molecule has 0 radical (unpaired) electrons. The Morgan fingerprint density at radius 2 is 1.85 bits per heavy atom. The molecule has 3 nitrogen and oxygen atoms in total. The smallest absolute Gasteiger partial charge is 0.423 e. The lowest BCUT2D eigenvalue weighted by atomic mass is 9.80. The van der Waals surface area contributed by atoms with Crippen molar-refractivity contribution in [2.75, 3.05) is 13.1 Å². The standard InChI is InChI=1S/C16H26BNO2/c1-13(2)15-4-3-10-18(11-9-15)12-14-5-7-16(8-6-14)17(19)20/h5-8,13,15,19-20H,3-4,9-12H2,1-2H3. The van der Waals surface area contributed by atoms with E-state index in [2.05, 4.69) is 18.7 Å². The topological polar surface area (TPSA) is 43.7 Å². The van der Waals surface area contributed by atoms with Gasteiger partial charge in [0, 0.05) is 6.54 Å². The van der Waals surface area contributed by atoms with E-state index in [-0.39, 0.29) is 0 Å². The predicted molar refractivity (Wildman–Crippen MR) is 83.7 cm³/mol. The van der Waals surface area contributed by atoms with Gasteiger partial charge in [-0.05, 0) is 55.2 Å². The van der Waals surface area contributed by atoms with Gasteiger partial charge in [-0.15, -0.1) is 0 Å². The molecule has 0 amide bonds. The van der Waals surface area contributed by atoms with Crippen molar-refractivity contribution in [3.05, 3.63) is 29.8 Å². The lowest BCUT2D eigenvalue weighted by molar-refractivity contribution is 0.265. The summed E-state index contributed by atoms with van der Waals surface area (Å²) in [7, 11) is -1.37. The molecule has 4 heteroatoms. The first kappa shape index (κ1) is 15.6. The van der Waals surface area contributed by atoms with Crippen molar-refractivity contribution in [1.82, 2.24) is 4.90 Å². The van der Waals surface area contributed by atoms with Gasteiger partial charge < -0.3 is 10.0 Å². The summed E-state index contributed by atoms with van der Waals surface area (Å²) < 4.78 is 0. The van der Waals surface area contributed by atoms with E-state index in [0.29, 0.717) is 5.46 Å². The van der Waals surface area contributed by atoms with Gasteiger partial charge in [0.1, 0.15) is 0 Å². The molecule has 1 aromatic rings. The van der Waals surface area contributed by atoms with E-state index < -0.39 is 7.12 Å². The molecule has 2 rings (SSSR count). The van der Waals surface area contributed by atoms with Crippen LogP contribution < -0.4 is 5.46 Å². The van der Waals surface area contributed by atoms with Crippen LogP contribution in [0.15, 0.2) is 24.3 Å². The average molecular weight is 275 g/mol. The minimum absolute atomic E-state index is 0.560. The van der Waals surface area contributed by atoms with Crippen molar-refractivity contribution in [3.63, 3.8) is 0 Å². The van der Waals surface area contributed by atoms with Gasteiger partial charge in [0.15, 0.2) is 0 Å². The Kier molecular flexibility index (Phi) is 5.64. The third-order valence-electron chi connectivity index (χ3n) is 4.49. The van der Waals surface area contributed by atoms with Crippen LogP contribution in [0.1, 0.15) is 38.7 Å². The molecule has 1 fully saturated rings. The van der Waals surface area contributed by atoms with Gasteiger partial charge in [0.05, 0.1) is 0 Å². The van der Waals surface area contributed by atoms with Crippen LogP contribution in [0.4, 0.5) is 0 Å². The van der Waals surface area contributed by atoms with Crippen LogP contribution >= 0.6 is 0 Å². The zero-order chi connectivity index (χ0) is 14.5. The van der Waals surface area contributed by atoms with E-state index in [4.69, 9.17) is 10.0 Å². The molecular weight excluding hydrogens is 249 g/mol. The Hall–Kier alpha value is -0.835. The Balaban J connectivity index is 1.89. The molecule has 1 saturated heterocycles. The number of nitrogens with zero attached hydrogens (tertiary/aromatic N) is 1. The van der Waals surface area contributed by atoms with E-state index in [0.717, 1.165) is 18.4 Å². The SMILES string of the molecule is CC(C)C1CCCN(Cc2ccc(B(O)O)cc2)CC1. The summed E-state index contributed by atoms with van der Waals surface area (Å²) in [5.41, 5.74) is 1.81. The molecule has 0 aliphatic carbocycles. The molecule has 110 valence electrons. The number of hydrogen-bond acceptors (Lipinski definition) is 3. The molecule has 0 bridgehead atoms. The number of likely N-dealkylation sites (tertiary alicyclic amines) is 1. The summed E-state index contributed by atoms with van der Waals surface area (Å²) in [5.74, 6) is 1.66. The Labute approximate surface area is 122 Å². The second-order valence-corrected chi connectivity index (χ2v) is 6.33. The number of rotatable bonds is 4. The summed E-state index contributed by atoms with van der Waals surface area (Å²) in [5, 5.41) is 18.2. The van der Waals surface area contributed by atoms with Crippen LogP contribution in [0.3, 0.4) is 0 Å². The van der Waals surface area contributed by atoms with Crippen molar-refractivity contribution in [2.45, 2.75) is 39.7 Å². The second-order valence-electron chi connectivity index (χ2n) is 6.33. The summed E-state index contributed by atoms with van der Waals surface area (Å²) in [6.07, 6.45) is 3.94. The Morgan fingerprint density at radius 3 is 2.45 bits per heavy atom. The molecule has 1 heterocycles. The monoisotopic (exact) mass is 275 g/mol. The second kappa shape index (κ2) is 7.25. The largest absolute Gasteiger partial charge is 0.488 e. The molecular formula is C16H26BNO2. The normalized spacial score (nSPS) is 20.9. The zero-order valence-electron chi connectivity index (χ0n) is 12.6. The van der Waals surface area contributed by atoms with Gasteiger partial charge in [-0.1, -0.05) is 38.1 Å². The van der Waals surface area contributed by atoms with Crippen molar-refractivity contribution in [2.24, 2.45) is 11.8 Å². The molecule has 0 saturated carbocycles. The molecule has 2 N–H and O–H groups in total. The lowest BCUT2D eigenvalue weighted by Crippen LogP contribution is -2.30. The van der Waals surface area contributed by atoms with Crippen molar-refractivity contribution >= 4 is 12.6 Å². The fourth-order valence-electron chi connectivity index (χ4n) is 3.06. The van der Waals surface area contributed by atoms with Crippen molar-refractivity contribution in [1.29, 1.82) is 0 Å². The van der Waals surface area contributed by atoms with Gasteiger partial charge in [0.2, 0.25) is 0 Å². The van der Waals surface area contributed by atoms with Crippen LogP contribution in [0.2, 0.25) is 0 Å². The van der Waals surface area contributed by atoms with E-state index in [1.165, 1.54) is 37.9 Å². The zero-order valence-corrected chi connectivity index (χ0v) is 12.6. The van der Waals surface area contributed by atoms with Crippen LogP contribution in [0.5, 0.6) is 0 Å². The maximum atomic E-state index is 9.10. The van der Waals surface area contributed by atoms with E-state index >= 15 is 0 Å². The average Bonchev–Trinajstić information content (AvgIpc) is 2.65. The third-order valence-corrected chi connectivity index (χ3v) is 4.49. The first-order valence-corrected chi connectivity index (χ1v) is 7.73.